The van der Waals surface area contributed by atoms with Gasteiger partial charge in [-0.25, -0.2) is 8.42 Å². The predicted octanol–water partition coefficient (Wildman–Crippen LogP) is 1.58. The SMILES string of the molecule is Cc1ccc(CCS(C)(=O)=O)cc1. The highest BCUT2D eigenvalue weighted by molar-refractivity contribution is 7.90. The van der Waals surface area contributed by atoms with Crippen molar-refractivity contribution >= 4 is 9.84 Å². The Balaban J connectivity index is 2.61. The summed E-state index contributed by atoms with van der Waals surface area (Å²) in [7, 11) is -2.83. The fourth-order valence-electron chi connectivity index (χ4n) is 1.06. The molecule has 0 N–H and O–H groups in total. The fourth-order valence-corrected chi connectivity index (χ4v) is 1.66. The number of benzene rings is 1. The minimum absolute atomic E-state index is 0.232. The second kappa shape index (κ2) is 3.92. The number of aryl methyl sites for hydroxylation is 2. The van der Waals surface area contributed by atoms with Crippen LogP contribution in [0.2, 0.25) is 0 Å². The first kappa shape index (κ1) is 10.3. The van der Waals surface area contributed by atoms with E-state index in [2.05, 4.69) is 0 Å². The Morgan fingerprint density at radius 1 is 1.15 bits per heavy atom. The summed E-state index contributed by atoms with van der Waals surface area (Å²) < 4.78 is 21.7. The van der Waals surface area contributed by atoms with Gasteiger partial charge in [0, 0.05) is 6.26 Å². The van der Waals surface area contributed by atoms with E-state index in [1.54, 1.807) is 0 Å². The molecule has 13 heavy (non-hydrogen) atoms. The van der Waals surface area contributed by atoms with Crippen LogP contribution in [-0.4, -0.2) is 20.4 Å². The lowest BCUT2D eigenvalue weighted by Crippen LogP contribution is -2.05. The predicted molar refractivity (Wildman–Crippen MR) is 54.6 cm³/mol. The number of sulfone groups is 1. The molecular formula is C10H14O2S. The van der Waals surface area contributed by atoms with Crippen molar-refractivity contribution in [1.82, 2.24) is 0 Å². The Labute approximate surface area is 79.5 Å². The van der Waals surface area contributed by atoms with E-state index in [0.717, 1.165) is 5.56 Å². The molecule has 0 bridgehead atoms. The molecule has 1 aromatic carbocycles. The molecule has 0 saturated heterocycles. The van der Waals surface area contributed by atoms with Crippen LogP contribution in [0.25, 0.3) is 0 Å². The molecule has 0 radical (unpaired) electrons. The largest absolute Gasteiger partial charge is 0.229 e. The Bertz CT molecular complexity index is 362. The van der Waals surface area contributed by atoms with Crippen LogP contribution in [-0.2, 0) is 16.3 Å². The lowest BCUT2D eigenvalue weighted by atomic mass is 10.1. The van der Waals surface area contributed by atoms with E-state index in [4.69, 9.17) is 0 Å². The van der Waals surface area contributed by atoms with Crippen LogP contribution in [0.4, 0.5) is 0 Å². The summed E-state index contributed by atoms with van der Waals surface area (Å²) in [6, 6.07) is 7.94. The first-order chi connectivity index (χ1) is 5.97. The van der Waals surface area contributed by atoms with Crippen LogP contribution < -0.4 is 0 Å². The van der Waals surface area contributed by atoms with Crippen molar-refractivity contribution in [2.24, 2.45) is 0 Å². The van der Waals surface area contributed by atoms with E-state index in [9.17, 15) is 8.42 Å². The Morgan fingerprint density at radius 2 is 1.69 bits per heavy atom. The van der Waals surface area contributed by atoms with E-state index in [-0.39, 0.29) is 5.75 Å². The summed E-state index contributed by atoms with van der Waals surface area (Å²) in [5.41, 5.74) is 2.28. The summed E-state index contributed by atoms with van der Waals surface area (Å²) in [4.78, 5) is 0. The average Bonchev–Trinajstić information content (AvgIpc) is 2.02. The van der Waals surface area contributed by atoms with Crippen LogP contribution in [0, 0.1) is 6.92 Å². The fraction of sp³-hybridized carbons (Fsp3) is 0.400. The molecule has 0 atom stereocenters. The second-order valence-corrected chi connectivity index (χ2v) is 5.63. The molecule has 2 nitrogen and oxygen atoms in total. The molecule has 1 rings (SSSR count). The van der Waals surface area contributed by atoms with Gasteiger partial charge in [0.1, 0.15) is 9.84 Å². The second-order valence-electron chi connectivity index (χ2n) is 3.37. The molecule has 72 valence electrons. The lowest BCUT2D eigenvalue weighted by Gasteiger charge is -2.00. The van der Waals surface area contributed by atoms with Gasteiger partial charge >= 0.3 is 0 Å². The van der Waals surface area contributed by atoms with Crippen LogP contribution in [0.15, 0.2) is 24.3 Å². The average molecular weight is 198 g/mol. The Hall–Kier alpha value is -0.830. The van der Waals surface area contributed by atoms with Gasteiger partial charge in [0.15, 0.2) is 0 Å². The molecule has 0 spiro atoms. The molecule has 0 fully saturated rings. The number of rotatable bonds is 3. The third-order valence-electron chi connectivity index (χ3n) is 1.88. The summed E-state index contributed by atoms with van der Waals surface area (Å²) in [5, 5.41) is 0. The van der Waals surface area contributed by atoms with Crippen molar-refractivity contribution in [3.05, 3.63) is 35.4 Å². The third-order valence-corrected chi connectivity index (χ3v) is 2.83. The molecule has 0 amide bonds. The summed E-state index contributed by atoms with van der Waals surface area (Å²) >= 11 is 0. The van der Waals surface area contributed by atoms with Gasteiger partial charge in [-0.1, -0.05) is 29.8 Å². The molecule has 0 aliphatic rings. The Kier molecular flexibility index (Phi) is 3.09. The van der Waals surface area contributed by atoms with Crippen molar-refractivity contribution in [2.45, 2.75) is 13.3 Å². The van der Waals surface area contributed by atoms with Gasteiger partial charge in [-0.05, 0) is 18.9 Å². The van der Waals surface area contributed by atoms with Crippen LogP contribution in [0.1, 0.15) is 11.1 Å². The van der Waals surface area contributed by atoms with Crippen molar-refractivity contribution in [1.29, 1.82) is 0 Å². The van der Waals surface area contributed by atoms with E-state index in [1.807, 2.05) is 31.2 Å². The molecule has 0 heterocycles. The monoisotopic (exact) mass is 198 g/mol. The van der Waals surface area contributed by atoms with Crippen molar-refractivity contribution < 1.29 is 8.42 Å². The molecule has 0 aliphatic heterocycles. The standard InChI is InChI=1S/C10H14O2S/c1-9-3-5-10(6-4-9)7-8-13(2,11)12/h3-6H,7-8H2,1-2H3. The first-order valence-electron chi connectivity index (χ1n) is 4.21. The molecule has 1 aromatic rings. The lowest BCUT2D eigenvalue weighted by molar-refractivity contribution is 0.601. The number of hydrogen-bond acceptors (Lipinski definition) is 2. The zero-order valence-electron chi connectivity index (χ0n) is 7.95. The van der Waals surface area contributed by atoms with E-state index in [1.165, 1.54) is 11.8 Å². The number of hydrogen-bond donors (Lipinski definition) is 0. The zero-order valence-corrected chi connectivity index (χ0v) is 8.76. The normalized spacial score (nSPS) is 11.5. The molecule has 0 saturated carbocycles. The molecule has 0 unspecified atom stereocenters. The maximum atomic E-state index is 10.9. The van der Waals surface area contributed by atoms with Gasteiger partial charge in [-0.3, -0.25) is 0 Å². The third kappa shape index (κ3) is 4.08. The minimum atomic E-state index is -2.83. The first-order valence-corrected chi connectivity index (χ1v) is 6.27. The molecular weight excluding hydrogens is 184 g/mol. The summed E-state index contributed by atoms with van der Waals surface area (Å²) in [6.07, 6.45) is 1.88. The highest BCUT2D eigenvalue weighted by Gasteiger charge is 2.02. The highest BCUT2D eigenvalue weighted by atomic mass is 32.2. The van der Waals surface area contributed by atoms with Crippen molar-refractivity contribution in [3.63, 3.8) is 0 Å². The van der Waals surface area contributed by atoms with E-state index in [0.29, 0.717) is 6.42 Å². The molecule has 3 heteroatoms. The van der Waals surface area contributed by atoms with Crippen molar-refractivity contribution in [3.8, 4) is 0 Å². The molecule has 0 aliphatic carbocycles. The van der Waals surface area contributed by atoms with Gasteiger partial charge in [0.25, 0.3) is 0 Å². The molecule has 0 aromatic heterocycles. The van der Waals surface area contributed by atoms with Crippen molar-refractivity contribution in [2.75, 3.05) is 12.0 Å². The summed E-state index contributed by atoms with van der Waals surface area (Å²) in [5.74, 6) is 0.232. The van der Waals surface area contributed by atoms with Gasteiger partial charge in [-0.2, -0.15) is 0 Å². The van der Waals surface area contributed by atoms with Crippen LogP contribution in [0.5, 0.6) is 0 Å². The maximum absolute atomic E-state index is 10.9. The highest BCUT2D eigenvalue weighted by Crippen LogP contribution is 2.04. The van der Waals surface area contributed by atoms with E-state index >= 15 is 0 Å². The Morgan fingerprint density at radius 3 is 2.15 bits per heavy atom. The quantitative estimate of drug-likeness (QED) is 0.739. The van der Waals surface area contributed by atoms with Gasteiger partial charge < -0.3 is 0 Å². The smallest absolute Gasteiger partial charge is 0.147 e. The van der Waals surface area contributed by atoms with Crippen LogP contribution in [0.3, 0.4) is 0 Å². The minimum Gasteiger partial charge on any atom is -0.229 e. The summed E-state index contributed by atoms with van der Waals surface area (Å²) in [6.45, 7) is 2.01. The van der Waals surface area contributed by atoms with Gasteiger partial charge in [-0.15, -0.1) is 0 Å². The zero-order chi connectivity index (χ0) is 9.90. The van der Waals surface area contributed by atoms with E-state index < -0.39 is 9.84 Å². The van der Waals surface area contributed by atoms with Crippen LogP contribution >= 0.6 is 0 Å². The topological polar surface area (TPSA) is 34.1 Å². The maximum Gasteiger partial charge on any atom is 0.147 e. The van der Waals surface area contributed by atoms with Gasteiger partial charge in [0.2, 0.25) is 0 Å². The van der Waals surface area contributed by atoms with Gasteiger partial charge in [0.05, 0.1) is 5.75 Å².